The van der Waals surface area contributed by atoms with Crippen LogP contribution in [-0.2, 0) is 7.05 Å². The Morgan fingerprint density at radius 1 is 1.52 bits per heavy atom. The molecule has 110 valence electrons. The van der Waals surface area contributed by atoms with Crippen LogP contribution < -0.4 is 16.9 Å². The Kier molecular flexibility index (Phi) is 4.34. The van der Waals surface area contributed by atoms with Crippen molar-refractivity contribution in [2.24, 2.45) is 17.9 Å². The molecule has 0 amide bonds. The number of rotatable bonds is 3. The number of aromatic nitrogens is 3. The molecule has 0 fully saturated rings. The minimum absolute atomic E-state index is 0.105. The Morgan fingerprint density at radius 3 is 2.86 bits per heavy atom. The molecule has 0 bridgehead atoms. The first-order chi connectivity index (χ1) is 9.92. The number of aryl methyl sites for hydroxylation is 1. The van der Waals surface area contributed by atoms with Crippen LogP contribution in [0.4, 0.5) is 0 Å². The first kappa shape index (κ1) is 15.1. The fourth-order valence-electron chi connectivity index (χ4n) is 1.48. The first-order valence-corrected chi connectivity index (χ1v) is 6.74. The lowest BCUT2D eigenvalue weighted by Crippen LogP contribution is -2.33. The van der Waals surface area contributed by atoms with Gasteiger partial charge in [0.1, 0.15) is 0 Å². The summed E-state index contributed by atoms with van der Waals surface area (Å²) in [5.41, 5.74) is 4.20. The van der Waals surface area contributed by atoms with E-state index in [4.69, 9.17) is 22.5 Å². The lowest BCUT2D eigenvalue weighted by Gasteiger charge is -2.07. The Morgan fingerprint density at radius 2 is 2.24 bits per heavy atom. The summed E-state index contributed by atoms with van der Waals surface area (Å²) < 4.78 is 1.33. The predicted molar refractivity (Wildman–Crippen MR) is 78.2 cm³/mol. The van der Waals surface area contributed by atoms with Gasteiger partial charge >= 0.3 is 11.1 Å². The van der Waals surface area contributed by atoms with E-state index in [-0.39, 0.29) is 10.9 Å². The number of nitrogens with one attached hydrogen (secondary N) is 1. The molecule has 1 heterocycles. The summed E-state index contributed by atoms with van der Waals surface area (Å²) in [5.74, 6) is -0.105. The molecule has 0 saturated carbocycles. The average molecular weight is 328 g/mol. The second kappa shape index (κ2) is 6.02. The van der Waals surface area contributed by atoms with Crippen LogP contribution in [0.3, 0.4) is 0 Å². The van der Waals surface area contributed by atoms with Crippen molar-refractivity contribution in [3.63, 3.8) is 0 Å². The summed E-state index contributed by atoms with van der Waals surface area (Å²) >= 11 is 7.17. The molecule has 21 heavy (non-hydrogen) atoms. The normalized spacial score (nSPS) is 11.6. The molecule has 0 aliphatic carbocycles. The average Bonchev–Trinajstić information content (AvgIpc) is 2.44. The number of aromatic amines is 1. The SMILES string of the molecule is Cn1[nH]c(=O)c(=O)nc1Sc1ccc(/C(N)=N/O)c(Cl)c1. The fourth-order valence-corrected chi connectivity index (χ4v) is 2.66. The summed E-state index contributed by atoms with van der Waals surface area (Å²) in [7, 11) is 1.56. The largest absolute Gasteiger partial charge is 0.409 e. The maximum atomic E-state index is 11.3. The van der Waals surface area contributed by atoms with Gasteiger partial charge in [-0.1, -0.05) is 28.5 Å². The Bertz CT molecular complexity index is 829. The molecule has 2 rings (SSSR count). The van der Waals surface area contributed by atoms with E-state index in [1.807, 2.05) is 0 Å². The van der Waals surface area contributed by atoms with E-state index in [1.54, 1.807) is 25.2 Å². The molecule has 0 atom stereocenters. The van der Waals surface area contributed by atoms with Gasteiger partial charge in [0.2, 0.25) is 0 Å². The Labute approximate surface area is 127 Å². The van der Waals surface area contributed by atoms with Crippen molar-refractivity contribution in [2.45, 2.75) is 10.1 Å². The third-order valence-electron chi connectivity index (χ3n) is 2.48. The van der Waals surface area contributed by atoms with Crippen LogP contribution in [0.2, 0.25) is 5.02 Å². The van der Waals surface area contributed by atoms with Crippen molar-refractivity contribution >= 4 is 29.2 Å². The van der Waals surface area contributed by atoms with E-state index in [2.05, 4.69) is 15.2 Å². The topological polar surface area (TPSA) is 126 Å². The maximum Gasteiger partial charge on any atom is 0.339 e. The van der Waals surface area contributed by atoms with Gasteiger partial charge in [0.05, 0.1) is 5.02 Å². The minimum atomic E-state index is -0.866. The highest BCUT2D eigenvalue weighted by Crippen LogP contribution is 2.28. The molecule has 1 aromatic heterocycles. The van der Waals surface area contributed by atoms with Gasteiger partial charge in [0.25, 0.3) is 0 Å². The third-order valence-corrected chi connectivity index (χ3v) is 3.83. The van der Waals surface area contributed by atoms with E-state index < -0.39 is 11.1 Å². The lowest BCUT2D eigenvalue weighted by molar-refractivity contribution is 0.318. The predicted octanol–water partition coefficient (Wildman–Crippen LogP) is 0.368. The number of hydrogen-bond donors (Lipinski definition) is 3. The second-order valence-corrected chi connectivity index (χ2v) is 5.38. The number of nitrogens with two attached hydrogens (primary N) is 1. The van der Waals surface area contributed by atoms with Gasteiger partial charge in [-0.2, -0.15) is 4.98 Å². The van der Waals surface area contributed by atoms with E-state index in [9.17, 15) is 9.59 Å². The highest BCUT2D eigenvalue weighted by atomic mass is 35.5. The highest BCUT2D eigenvalue weighted by Gasteiger charge is 2.10. The van der Waals surface area contributed by atoms with Gasteiger partial charge in [-0.15, -0.1) is 0 Å². The quantitative estimate of drug-likeness (QED) is 0.246. The van der Waals surface area contributed by atoms with Crippen LogP contribution in [-0.4, -0.2) is 25.8 Å². The molecular weight excluding hydrogens is 318 g/mol. The van der Waals surface area contributed by atoms with Gasteiger partial charge < -0.3 is 10.9 Å². The van der Waals surface area contributed by atoms with Crippen molar-refractivity contribution in [2.75, 3.05) is 0 Å². The first-order valence-electron chi connectivity index (χ1n) is 5.55. The van der Waals surface area contributed by atoms with Crippen molar-refractivity contribution in [1.29, 1.82) is 0 Å². The van der Waals surface area contributed by atoms with E-state index in [0.29, 0.717) is 15.6 Å². The van der Waals surface area contributed by atoms with Crippen LogP contribution in [0, 0.1) is 0 Å². The van der Waals surface area contributed by atoms with Crippen molar-refractivity contribution in [1.82, 2.24) is 14.8 Å². The minimum Gasteiger partial charge on any atom is -0.409 e. The molecular formula is C11H10ClN5O3S. The van der Waals surface area contributed by atoms with Gasteiger partial charge in [0.15, 0.2) is 11.0 Å². The van der Waals surface area contributed by atoms with E-state index in [1.165, 1.54) is 4.68 Å². The molecule has 0 aliphatic rings. The molecule has 10 heteroatoms. The summed E-state index contributed by atoms with van der Waals surface area (Å²) in [4.78, 5) is 26.7. The standard InChI is InChI=1S/C11H10ClN5O3S/c1-17-11(14-9(18)10(19)15-17)21-5-2-3-6(7(12)4-5)8(13)16-20/h2-4,20H,1H3,(H2,13,16)(H,15,19). The summed E-state index contributed by atoms with van der Waals surface area (Å²) in [6, 6.07) is 4.82. The molecule has 2 aromatic rings. The van der Waals surface area contributed by atoms with E-state index in [0.717, 1.165) is 11.8 Å². The number of nitrogens with zero attached hydrogens (tertiary/aromatic N) is 3. The molecule has 0 spiro atoms. The Balaban J connectivity index is 2.37. The molecule has 0 saturated heterocycles. The smallest absolute Gasteiger partial charge is 0.339 e. The zero-order valence-corrected chi connectivity index (χ0v) is 12.3. The number of halogens is 1. The number of amidine groups is 1. The summed E-state index contributed by atoms with van der Waals surface area (Å²) in [6.07, 6.45) is 0. The van der Waals surface area contributed by atoms with Gasteiger partial charge in [-0.05, 0) is 18.2 Å². The second-order valence-electron chi connectivity index (χ2n) is 3.93. The van der Waals surface area contributed by atoms with E-state index >= 15 is 0 Å². The number of oxime groups is 1. The van der Waals surface area contributed by atoms with Crippen LogP contribution in [0.15, 0.2) is 43.0 Å². The van der Waals surface area contributed by atoms with Crippen molar-refractivity contribution in [3.8, 4) is 0 Å². The number of benzene rings is 1. The third kappa shape index (κ3) is 3.26. The Hall–Kier alpha value is -2.26. The molecule has 0 aliphatic heterocycles. The lowest BCUT2D eigenvalue weighted by atomic mass is 10.2. The van der Waals surface area contributed by atoms with Crippen LogP contribution in [0.1, 0.15) is 5.56 Å². The molecule has 8 nitrogen and oxygen atoms in total. The van der Waals surface area contributed by atoms with Crippen molar-refractivity contribution in [3.05, 3.63) is 49.5 Å². The molecule has 0 radical (unpaired) electrons. The molecule has 1 aromatic carbocycles. The fraction of sp³-hybridized carbons (Fsp3) is 0.0909. The number of H-pyrrole nitrogens is 1. The summed E-state index contributed by atoms with van der Waals surface area (Å²) in [5, 5.41) is 14.4. The summed E-state index contributed by atoms with van der Waals surface area (Å²) in [6.45, 7) is 0. The van der Waals surface area contributed by atoms with Gasteiger partial charge in [-0.3, -0.25) is 19.4 Å². The van der Waals surface area contributed by atoms with Crippen molar-refractivity contribution < 1.29 is 5.21 Å². The maximum absolute atomic E-state index is 11.3. The van der Waals surface area contributed by atoms with Crippen LogP contribution in [0.25, 0.3) is 0 Å². The highest BCUT2D eigenvalue weighted by molar-refractivity contribution is 7.99. The van der Waals surface area contributed by atoms with Crippen LogP contribution >= 0.6 is 23.4 Å². The zero-order valence-electron chi connectivity index (χ0n) is 10.7. The molecule has 0 unspecified atom stereocenters. The van der Waals surface area contributed by atoms with Gasteiger partial charge in [-0.25, -0.2) is 0 Å². The molecule has 4 N–H and O–H groups in total. The van der Waals surface area contributed by atoms with Crippen LogP contribution in [0.5, 0.6) is 0 Å². The monoisotopic (exact) mass is 327 g/mol. The zero-order chi connectivity index (χ0) is 15.6. The van der Waals surface area contributed by atoms with Gasteiger partial charge in [0, 0.05) is 17.5 Å². The number of hydrogen-bond acceptors (Lipinski definition) is 6.